The molecule has 1 heterocycles. The summed E-state index contributed by atoms with van der Waals surface area (Å²) in [6.07, 6.45) is 1.30. The van der Waals surface area contributed by atoms with Gasteiger partial charge in [-0.2, -0.15) is 0 Å². The number of nitrogens with zero attached hydrogens (tertiary/aromatic N) is 2. The number of aromatic amines is 1. The molecule has 1 aromatic rings. The molecule has 0 saturated carbocycles. The van der Waals surface area contributed by atoms with Gasteiger partial charge in [-0.25, -0.2) is 4.79 Å². The van der Waals surface area contributed by atoms with Gasteiger partial charge in [0.15, 0.2) is 0 Å². The van der Waals surface area contributed by atoms with Crippen LogP contribution < -0.4 is 4.84 Å². The number of hydroxylamine groups is 2. The molecule has 1 aromatic heterocycles. The van der Waals surface area contributed by atoms with Crippen molar-refractivity contribution in [3.05, 3.63) is 11.8 Å². The summed E-state index contributed by atoms with van der Waals surface area (Å²) in [6.45, 7) is 12.1. The summed E-state index contributed by atoms with van der Waals surface area (Å²) in [6, 6.07) is 1.80. The van der Waals surface area contributed by atoms with Gasteiger partial charge in [0.05, 0.1) is 6.54 Å². The smallest absolute Gasteiger partial charge is 0.442 e. The molecule has 0 atom stereocenters. The van der Waals surface area contributed by atoms with E-state index in [4.69, 9.17) is 9.57 Å². The van der Waals surface area contributed by atoms with E-state index in [0.29, 0.717) is 18.3 Å². The Balaban J connectivity index is 2.74. The largest absolute Gasteiger partial charge is 0.443 e. The molecule has 0 aliphatic rings. The number of ether oxygens (including phenoxy) is 1. The fraction of sp³-hybridized carbons (Fsp3) is 0.733. The summed E-state index contributed by atoms with van der Waals surface area (Å²) in [4.78, 5) is 17.7. The normalized spacial score (nSPS) is 11.6. The number of rotatable bonds is 6. The van der Waals surface area contributed by atoms with E-state index in [0.717, 1.165) is 18.5 Å². The van der Waals surface area contributed by atoms with Crippen LogP contribution in [-0.2, 0) is 4.74 Å². The second kappa shape index (κ2) is 7.33. The molecule has 0 unspecified atom stereocenters. The molecule has 0 radical (unpaired) electrons. The van der Waals surface area contributed by atoms with E-state index < -0.39 is 11.7 Å². The van der Waals surface area contributed by atoms with E-state index in [1.165, 1.54) is 5.06 Å². The molecule has 21 heavy (non-hydrogen) atoms. The lowest BCUT2D eigenvalue weighted by atomic mass is 10.1. The van der Waals surface area contributed by atoms with Crippen LogP contribution in [0.1, 0.15) is 66.0 Å². The number of carbonyl (C=O) groups excluding carboxylic acids is 1. The highest BCUT2D eigenvalue weighted by atomic mass is 16.7. The molecule has 0 aromatic carbocycles. The summed E-state index contributed by atoms with van der Waals surface area (Å²) in [5.74, 6) is 0.695. The highest BCUT2D eigenvalue weighted by Crippen LogP contribution is 2.18. The fourth-order valence-corrected chi connectivity index (χ4v) is 1.56. The second-order valence-corrected chi connectivity index (χ2v) is 6.34. The predicted octanol–water partition coefficient (Wildman–Crippen LogP) is 3.86. The van der Waals surface area contributed by atoms with Crippen molar-refractivity contribution in [1.29, 1.82) is 0 Å². The number of hydrogen-bond donors (Lipinski definition) is 1. The molecular weight excluding hydrogens is 270 g/mol. The zero-order valence-corrected chi connectivity index (χ0v) is 13.9. The van der Waals surface area contributed by atoms with Crippen molar-refractivity contribution in [2.45, 2.75) is 65.9 Å². The van der Waals surface area contributed by atoms with Crippen LogP contribution in [-0.4, -0.2) is 33.5 Å². The maximum atomic E-state index is 12.2. The Bertz CT molecular complexity index is 449. The van der Waals surface area contributed by atoms with Crippen molar-refractivity contribution in [3.8, 4) is 5.88 Å². The quantitative estimate of drug-likeness (QED) is 0.809. The molecule has 1 N–H and O–H groups in total. The van der Waals surface area contributed by atoms with Gasteiger partial charge in [-0.05, 0) is 33.1 Å². The lowest BCUT2D eigenvalue weighted by Crippen LogP contribution is -2.39. The lowest BCUT2D eigenvalue weighted by Gasteiger charge is -2.25. The summed E-state index contributed by atoms with van der Waals surface area (Å²) in [5.41, 5.74) is 0.407. The first-order valence-electron chi connectivity index (χ1n) is 7.46. The third kappa shape index (κ3) is 6.06. The Morgan fingerprint density at radius 3 is 2.57 bits per heavy atom. The Kier molecular flexibility index (Phi) is 6.05. The van der Waals surface area contributed by atoms with Crippen molar-refractivity contribution in [2.24, 2.45) is 0 Å². The van der Waals surface area contributed by atoms with Crippen molar-refractivity contribution in [2.75, 3.05) is 6.54 Å². The molecule has 6 heteroatoms. The maximum Gasteiger partial charge on any atom is 0.443 e. The molecule has 0 bridgehead atoms. The molecular formula is C15H27N3O3. The monoisotopic (exact) mass is 297 g/mol. The van der Waals surface area contributed by atoms with E-state index >= 15 is 0 Å². The second-order valence-electron chi connectivity index (χ2n) is 6.34. The van der Waals surface area contributed by atoms with E-state index in [1.54, 1.807) is 6.07 Å². The number of H-pyrrole nitrogens is 1. The van der Waals surface area contributed by atoms with Crippen LogP contribution in [0.3, 0.4) is 0 Å². The van der Waals surface area contributed by atoms with Crippen LogP contribution in [0.4, 0.5) is 4.79 Å². The van der Waals surface area contributed by atoms with Crippen LogP contribution in [0.15, 0.2) is 6.07 Å². The van der Waals surface area contributed by atoms with Crippen molar-refractivity contribution in [3.63, 3.8) is 0 Å². The summed E-state index contributed by atoms with van der Waals surface area (Å²) in [7, 11) is 0. The number of unbranched alkanes of at least 4 members (excludes halogenated alkanes) is 1. The van der Waals surface area contributed by atoms with Gasteiger partial charge in [0, 0.05) is 11.8 Å². The average molecular weight is 297 g/mol. The molecule has 0 aliphatic heterocycles. The standard InChI is InChI=1S/C15H27N3O3/c1-7-8-9-18(14(19)20-15(4,5)6)21-13-10-12(11(2)3)16-17-13/h10-11H,7-9H2,1-6H3,(H,16,17). The van der Waals surface area contributed by atoms with Crippen LogP contribution in [0, 0.1) is 0 Å². The van der Waals surface area contributed by atoms with Gasteiger partial charge < -0.3 is 9.57 Å². The van der Waals surface area contributed by atoms with Gasteiger partial charge in [0.2, 0.25) is 0 Å². The van der Waals surface area contributed by atoms with Crippen molar-refractivity contribution < 1.29 is 14.4 Å². The highest BCUT2D eigenvalue weighted by molar-refractivity contribution is 5.67. The summed E-state index contributed by atoms with van der Waals surface area (Å²) >= 11 is 0. The molecule has 120 valence electrons. The minimum Gasteiger partial charge on any atom is -0.442 e. The number of aromatic nitrogens is 2. The SMILES string of the molecule is CCCCN(Oc1cc(C(C)C)[nH]n1)C(=O)OC(C)(C)C. The van der Waals surface area contributed by atoms with E-state index in [9.17, 15) is 4.79 Å². The third-order valence-electron chi connectivity index (χ3n) is 2.71. The average Bonchev–Trinajstić information content (AvgIpc) is 2.80. The van der Waals surface area contributed by atoms with Crippen molar-refractivity contribution >= 4 is 6.09 Å². The number of hydrogen-bond acceptors (Lipinski definition) is 4. The third-order valence-corrected chi connectivity index (χ3v) is 2.71. The fourth-order valence-electron chi connectivity index (χ4n) is 1.56. The van der Waals surface area contributed by atoms with Crippen LogP contribution >= 0.6 is 0 Å². The zero-order chi connectivity index (χ0) is 16.0. The van der Waals surface area contributed by atoms with Crippen LogP contribution in [0.25, 0.3) is 0 Å². The molecule has 0 spiro atoms. The van der Waals surface area contributed by atoms with Gasteiger partial charge in [-0.1, -0.05) is 27.2 Å². The van der Waals surface area contributed by atoms with Crippen LogP contribution in [0.2, 0.25) is 0 Å². The zero-order valence-electron chi connectivity index (χ0n) is 13.9. The number of amides is 1. The minimum atomic E-state index is -0.556. The molecule has 1 rings (SSSR count). The Labute approximate surface area is 126 Å². The highest BCUT2D eigenvalue weighted by Gasteiger charge is 2.24. The molecule has 0 saturated heterocycles. The summed E-state index contributed by atoms with van der Waals surface area (Å²) < 4.78 is 5.35. The molecule has 6 nitrogen and oxygen atoms in total. The van der Waals surface area contributed by atoms with Gasteiger partial charge in [-0.15, -0.1) is 10.2 Å². The van der Waals surface area contributed by atoms with Gasteiger partial charge in [-0.3, -0.25) is 5.10 Å². The number of nitrogens with one attached hydrogen (secondary N) is 1. The predicted molar refractivity (Wildman–Crippen MR) is 81.2 cm³/mol. The number of carbonyl (C=O) groups is 1. The summed E-state index contributed by atoms with van der Waals surface area (Å²) in [5, 5.41) is 8.20. The minimum absolute atomic E-state index is 0.320. The topological polar surface area (TPSA) is 67.5 Å². The Morgan fingerprint density at radius 2 is 2.10 bits per heavy atom. The van der Waals surface area contributed by atoms with Gasteiger partial charge >= 0.3 is 6.09 Å². The molecule has 0 fully saturated rings. The molecule has 1 amide bonds. The lowest BCUT2D eigenvalue weighted by molar-refractivity contribution is -0.0754. The Hall–Kier alpha value is -1.72. The first kappa shape index (κ1) is 17.3. The maximum absolute atomic E-state index is 12.2. The van der Waals surface area contributed by atoms with E-state index in [-0.39, 0.29) is 0 Å². The van der Waals surface area contributed by atoms with E-state index in [2.05, 4.69) is 31.0 Å². The van der Waals surface area contributed by atoms with E-state index in [1.807, 2.05) is 20.8 Å². The van der Waals surface area contributed by atoms with Crippen LogP contribution in [0.5, 0.6) is 5.88 Å². The van der Waals surface area contributed by atoms with Gasteiger partial charge in [0.25, 0.3) is 5.88 Å². The van der Waals surface area contributed by atoms with Crippen molar-refractivity contribution in [1.82, 2.24) is 15.3 Å². The first-order valence-corrected chi connectivity index (χ1v) is 7.46. The first-order chi connectivity index (χ1) is 9.73. The Morgan fingerprint density at radius 1 is 1.43 bits per heavy atom. The molecule has 0 aliphatic carbocycles. The van der Waals surface area contributed by atoms with Gasteiger partial charge in [0.1, 0.15) is 5.60 Å².